The molecule has 0 aliphatic carbocycles. The molecular weight excluding hydrogens is 236 g/mol. The number of aromatic nitrogens is 1. The Kier molecular flexibility index (Phi) is 4.91. The average molecular weight is 260 g/mol. The van der Waals surface area contributed by atoms with Crippen LogP contribution < -0.4 is 5.73 Å². The van der Waals surface area contributed by atoms with Crippen molar-refractivity contribution in [2.75, 3.05) is 6.54 Å². The van der Waals surface area contributed by atoms with Gasteiger partial charge in [-0.05, 0) is 43.5 Å². The number of amidine groups is 1. The molecule has 2 rings (SSSR count). The van der Waals surface area contributed by atoms with Gasteiger partial charge in [0, 0.05) is 18.8 Å². The Morgan fingerprint density at radius 2 is 2.37 bits per heavy atom. The second-order valence-electron chi connectivity index (χ2n) is 5.37. The number of nitrogen functional groups attached to an aromatic ring is 1. The highest BCUT2D eigenvalue weighted by Crippen LogP contribution is 2.22. The van der Waals surface area contributed by atoms with E-state index in [4.69, 9.17) is 11.1 Å². The molecule has 1 saturated heterocycles. The summed E-state index contributed by atoms with van der Waals surface area (Å²) in [6.07, 6.45) is 8.26. The minimum Gasteiger partial charge on any atom is -0.382 e. The molecule has 0 radical (unpaired) electrons. The highest BCUT2D eigenvalue weighted by molar-refractivity contribution is 5.93. The van der Waals surface area contributed by atoms with Crippen LogP contribution in [0.4, 0.5) is 0 Å². The molecular formula is C15H24N4. The van der Waals surface area contributed by atoms with E-state index in [-0.39, 0.29) is 5.84 Å². The molecule has 4 nitrogen and oxygen atoms in total. The predicted molar refractivity (Wildman–Crippen MR) is 78.2 cm³/mol. The van der Waals surface area contributed by atoms with Gasteiger partial charge in [0.15, 0.2) is 0 Å². The topological polar surface area (TPSA) is 66.0 Å². The minimum atomic E-state index is 0.0469. The Labute approximate surface area is 115 Å². The number of piperidine rings is 1. The van der Waals surface area contributed by atoms with Gasteiger partial charge in [-0.15, -0.1) is 0 Å². The van der Waals surface area contributed by atoms with Gasteiger partial charge in [-0.2, -0.15) is 0 Å². The Morgan fingerprint density at radius 1 is 1.53 bits per heavy atom. The summed E-state index contributed by atoms with van der Waals surface area (Å²) in [6, 6.07) is 4.69. The molecule has 1 atom stereocenters. The number of nitrogens with zero attached hydrogens (tertiary/aromatic N) is 2. The third kappa shape index (κ3) is 3.77. The van der Waals surface area contributed by atoms with Crippen LogP contribution in [0, 0.1) is 5.41 Å². The van der Waals surface area contributed by atoms with Crippen LogP contribution in [0.3, 0.4) is 0 Å². The number of pyridine rings is 1. The van der Waals surface area contributed by atoms with E-state index in [9.17, 15) is 0 Å². The average Bonchev–Trinajstić information content (AvgIpc) is 2.41. The van der Waals surface area contributed by atoms with E-state index in [0.717, 1.165) is 6.54 Å². The largest absolute Gasteiger partial charge is 0.382 e. The summed E-state index contributed by atoms with van der Waals surface area (Å²) >= 11 is 0. The van der Waals surface area contributed by atoms with E-state index in [1.54, 1.807) is 6.20 Å². The lowest BCUT2D eigenvalue weighted by Crippen LogP contribution is -2.38. The van der Waals surface area contributed by atoms with Crippen molar-refractivity contribution in [3.8, 4) is 0 Å². The Bertz CT molecular complexity index is 428. The van der Waals surface area contributed by atoms with Crippen molar-refractivity contribution in [1.29, 1.82) is 5.41 Å². The van der Waals surface area contributed by atoms with Crippen molar-refractivity contribution in [3.05, 3.63) is 29.6 Å². The summed E-state index contributed by atoms with van der Waals surface area (Å²) in [5.74, 6) is 0.0469. The molecule has 4 heteroatoms. The van der Waals surface area contributed by atoms with Gasteiger partial charge >= 0.3 is 0 Å². The summed E-state index contributed by atoms with van der Waals surface area (Å²) in [5.41, 5.74) is 7.29. The molecule has 1 unspecified atom stereocenters. The molecule has 1 aliphatic heterocycles. The predicted octanol–water partition coefficient (Wildman–Crippen LogP) is 2.52. The van der Waals surface area contributed by atoms with Crippen molar-refractivity contribution in [3.63, 3.8) is 0 Å². The maximum absolute atomic E-state index is 7.46. The highest BCUT2D eigenvalue weighted by Gasteiger charge is 2.21. The molecule has 2 heterocycles. The van der Waals surface area contributed by atoms with Crippen LogP contribution in [0.1, 0.15) is 50.3 Å². The normalized spacial score (nSPS) is 20.4. The molecule has 1 aromatic heterocycles. The molecule has 1 aromatic rings. The van der Waals surface area contributed by atoms with Gasteiger partial charge in [-0.25, -0.2) is 0 Å². The van der Waals surface area contributed by atoms with Crippen molar-refractivity contribution in [1.82, 2.24) is 9.88 Å². The van der Waals surface area contributed by atoms with Crippen molar-refractivity contribution < 1.29 is 0 Å². The molecule has 0 bridgehead atoms. The maximum atomic E-state index is 7.46. The fourth-order valence-electron chi connectivity index (χ4n) is 2.88. The van der Waals surface area contributed by atoms with Crippen LogP contribution in [0.2, 0.25) is 0 Å². The molecule has 0 aromatic carbocycles. The van der Waals surface area contributed by atoms with E-state index < -0.39 is 0 Å². The number of nitrogens with two attached hydrogens (primary N) is 1. The molecule has 0 saturated carbocycles. The Hall–Kier alpha value is -1.42. The summed E-state index contributed by atoms with van der Waals surface area (Å²) < 4.78 is 0. The first-order valence-corrected chi connectivity index (χ1v) is 7.24. The zero-order valence-corrected chi connectivity index (χ0v) is 11.7. The SMILES string of the molecule is CCCC1CCCCN1Cc1ccnc(C(=N)N)c1. The lowest BCUT2D eigenvalue weighted by Gasteiger charge is -2.35. The fourth-order valence-corrected chi connectivity index (χ4v) is 2.88. The van der Waals surface area contributed by atoms with Gasteiger partial charge in [0.2, 0.25) is 0 Å². The molecule has 1 fully saturated rings. The second kappa shape index (κ2) is 6.66. The van der Waals surface area contributed by atoms with Crippen LogP contribution >= 0.6 is 0 Å². The molecule has 19 heavy (non-hydrogen) atoms. The number of rotatable bonds is 5. The van der Waals surface area contributed by atoms with Crippen LogP contribution in [0.15, 0.2) is 18.3 Å². The third-order valence-electron chi connectivity index (χ3n) is 3.86. The van der Waals surface area contributed by atoms with Gasteiger partial charge in [-0.1, -0.05) is 19.8 Å². The van der Waals surface area contributed by atoms with Crippen molar-refractivity contribution in [2.24, 2.45) is 5.73 Å². The number of hydrogen-bond acceptors (Lipinski definition) is 3. The van der Waals surface area contributed by atoms with Crippen molar-refractivity contribution in [2.45, 2.75) is 51.6 Å². The van der Waals surface area contributed by atoms with E-state index in [1.807, 2.05) is 12.1 Å². The molecule has 104 valence electrons. The molecule has 0 spiro atoms. The summed E-state index contributed by atoms with van der Waals surface area (Å²) in [5, 5.41) is 7.46. The first-order valence-electron chi connectivity index (χ1n) is 7.24. The minimum absolute atomic E-state index is 0.0469. The Morgan fingerprint density at radius 3 is 3.11 bits per heavy atom. The smallest absolute Gasteiger partial charge is 0.141 e. The van der Waals surface area contributed by atoms with Crippen LogP contribution in [-0.2, 0) is 6.54 Å². The zero-order valence-electron chi connectivity index (χ0n) is 11.7. The lowest BCUT2D eigenvalue weighted by molar-refractivity contribution is 0.131. The van der Waals surface area contributed by atoms with E-state index >= 15 is 0 Å². The van der Waals surface area contributed by atoms with Gasteiger partial charge < -0.3 is 5.73 Å². The van der Waals surface area contributed by atoms with Crippen molar-refractivity contribution >= 4 is 5.84 Å². The molecule has 0 amide bonds. The number of nitrogens with one attached hydrogen (secondary N) is 1. The lowest BCUT2D eigenvalue weighted by atomic mass is 9.97. The third-order valence-corrected chi connectivity index (χ3v) is 3.86. The van der Waals surface area contributed by atoms with Crippen LogP contribution in [0.5, 0.6) is 0 Å². The second-order valence-corrected chi connectivity index (χ2v) is 5.37. The quantitative estimate of drug-likeness (QED) is 0.631. The van der Waals surface area contributed by atoms with E-state index in [2.05, 4.69) is 16.8 Å². The highest BCUT2D eigenvalue weighted by atomic mass is 15.2. The zero-order chi connectivity index (χ0) is 13.7. The monoisotopic (exact) mass is 260 g/mol. The molecule has 1 aliphatic rings. The first kappa shape index (κ1) is 14.0. The van der Waals surface area contributed by atoms with Crippen LogP contribution in [-0.4, -0.2) is 28.3 Å². The van der Waals surface area contributed by atoms with Gasteiger partial charge in [0.25, 0.3) is 0 Å². The van der Waals surface area contributed by atoms with Gasteiger partial charge in [0.1, 0.15) is 11.5 Å². The standard InChI is InChI=1S/C15H24N4/c1-2-5-13-6-3-4-9-19(13)11-12-7-8-18-14(10-12)15(16)17/h7-8,10,13H,2-6,9,11H2,1H3,(H3,16,17). The van der Waals surface area contributed by atoms with Gasteiger partial charge in [-0.3, -0.25) is 15.3 Å². The van der Waals surface area contributed by atoms with E-state index in [1.165, 1.54) is 44.2 Å². The fraction of sp³-hybridized carbons (Fsp3) is 0.600. The maximum Gasteiger partial charge on any atom is 0.141 e. The van der Waals surface area contributed by atoms with Crippen LogP contribution in [0.25, 0.3) is 0 Å². The first-order chi connectivity index (χ1) is 9.20. The summed E-state index contributed by atoms with van der Waals surface area (Å²) in [6.45, 7) is 4.39. The number of hydrogen-bond donors (Lipinski definition) is 2. The van der Waals surface area contributed by atoms with Gasteiger partial charge in [0.05, 0.1) is 0 Å². The number of likely N-dealkylation sites (tertiary alicyclic amines) is 1. The molecule has 3 N–H and O–H groups in total. The summed E-state index contributed by atoms with van der Waals surface area (Å²) in [4.78, 5) is 6.69. The van der Waals surface area contributed by atoms with E-state index in [0.29, 0.717) is 11.7 Å². The summed E-state index contributed by atoms with van der Waals surface area (Å²) in [7, 11) is 0. The Balaban J connectivity index is 2.06.